The van der Waals surface area contributed by atoms with Gasteiger partial charge in [-0.2, -0.15) is 0 Å². The number of hydrogen-bond donors (Lipinski definition) is 0. The van der Waals surface area contributed by atoms with E-state index in [4.69, 9.17) is 9.15 Å². The van der Waals surface area contributed by atoms with Crippen LogP contribution in [-0.4, -0.2) is 40.4 Å². The zero-order valence-corrected chi connectivity index (χ0v) is 23.0. The van der Waals surface area contributed by atoms with E-state index in [1.54, 1.807) is 13.3 Å². The highest BCUT2D eigenvalue weighted by Gasteiger charge is 2.73. The van der Waals surface area contributed by atoms with Crippen LogP contribution in [0.1, 0.15) is 88.3 Å². The number of alkyl halides is 1. The summed E-state index contributed by atoms with van der Waals surface area (Å²) in [6.45, 7) is 0.670. The van der Waals surface area contributed by atoms with Crippen LogP contribution in [0.3, 0.4) is 0 Å². The van der Waals surface area contributed by atoms with Gasteiger partial charge in [0.25, 0.3) is 0 Å². The van der Waals surface area contributed by atoms with Crippen LogP contribution in [0.15, 0.2) is 47.0 Å². The number of anilines is 1. The maximum Gasteiger partial charge on any atom is 0.233 e. The van der Waals surface area contributed by atoms with Gasteiger partial charge in [0.05, 0.1) is 12.5 Å². The fraction of sp³-hybridized carbons (Fsp3) is 0.562. The molecule has 4 bridgehead atoms. The average Bonchev–Trinajstić information content (AvgIpc) is 3.70. The van der Waals surface area contributed by atoms with Crippen molar-refractivity contribution >= 4 is 11.6 Å². The van der Waals surface area contributed by atoms with E-state index in [1.807, 2.05) is 35.2 Å². The van der Waals surface area contributed by atoms with Gasteiger partial charge in [-0.25, -0.2) is 9.37 Å². The smallest absolute Gasteiger partial charge is 0.233 e. The number of carbonyl (C=O) groups is 1. The van der Waals surface area contributed by atoms with E-state index in [0.29, 0.717) is 37.6 Å². The molecular weight excluding hydrogens is 507 g/mol. The van der Waals surface area contributed by atoms with E-state index in [0.717, 1.165) is 80.0 Å². The van der Waals surface area contributed by atoms with Crippen molar-refractivity contribution in [3.8, 4) is 17.0 Å². The molecule has 8 heteroatoms. The molecule has 7 aliphatic carbocycles. The summed E-state index contributed by atoms with van der Waals surface area (Å²) in [6.07, 6.45) is 11.3. The summed E-state index contributed by atoms with van der Waals surface area (Å²) in [6, 6.07) is 12.0. The van der Waals surface area contributed by atoms with Gasteiger partial charge >= 0.3 is 0 Å². The Morgan fingerprint density at radius 2 is 1.75 bits per heavy atom. The van der Waals surface area contributed by atoms with Crippen molar-refractivity contribution in [1.29, 1.82) is 0 Å². The number of methoxy groups -OCH3 is 1. The van der Waals surface area contributed by atoms with Crippen LogP contribution >= 0.6 is 0 Å². The van der Waals surface area contributed by atoms with Crippen molar-refractivity contribution in [2.24, 2.45) is 10.8 Å². The van der Waals surface area contributed by atoms with Crippen molar-refractivity contribution in [3.05, 3.63) is 54.4 Å². The summed E-state index contributed by atoms with van der Waals surface area (Å²) in [7, 11) is 1.61. The molecule has 1 aromatic carbocycles. The molecule has 7 saturated carbocycles. The van der Waals surface area contributed by atoms with Crippen molar-refractivity contribution in [1.82, 2.24) is 15.2 Å². The van der Waals surface area contributed by atoms with Crippen LogP contribution in [0.25, 0.3) is 11.1 Å². The van der Waals surface area contributed by atoms with E-state index in [2.05, 4.69) is 21.2 Å². The lowest BCUT2D eigenvalue weighted by Crippen LogP contribution is -2.71. The van der Waals surface area contributed by atoms with Gasteiger partial charge in [0.1, 0.15) is 5.67 Å². The summed E-state index contributed by atoms with van der Waals surface area (Å²) < 4.78 is 26.1. The van der Waals surface area contributed by atoms with Gasteiger partial charge in [0.2, 0.25) is 23.6 Å². The molecule has 7 nitrogen and oxygen atoms in total. The molecule has 0 unspecified atom stereocenters. The highest BCUT2D eigenvalue weighted by molar-refractivity contribution is 6.00. The summed E-state index contributed by atoms with van der Waals surface area (Å²) in [5.74, 6) is 2.76. The number of ether oxygens (including phenoxy) is 1. The minimum absolute atomic E-state index is 0.0223. The predicted molar refractivity (Wildman–Crippen MR) is 147 cm³/mol. The Morgan fingerprint density at radius 1 is 1.02 bits per heavy atom. The fourth-order valence-corrected chi connectivity index (χ4v) is 8.11. The van der Waals surface area contributed by atoms with Crippen LogP contribution in [0, 0.1) is 10.8 Å². The lowest BCUT2D eigenvalue weighted by molar-refractivity contribution is -0.211. The molecule has 10 rings (SSSR count). The van der Waals surface area contributed by atoms with Gasteiger partial charge in [-0.3, -0.25) is 4.79 Å². The monoisotopic (exact) mass is 542 g/mol. The number of fused-ring (bicyclic) bond motifs is 3. The van der Waals surface area contributed by atoms with Crippen LogP contribution < -0.4 is 9.64 Å². The molecule has 1 amide bonds. The molecule has 208 valence electrons. The van der Waals surface area contributed by atoms with Gasteiger partial charge in [0, 0.05) is 35.8 Å². The maximum atomic E-state index is 14.6. The Hall–Kier alpha value is -3.29. The van der Waals surface area contributed by atoms with Crippen molar-refractivity contribution in [2.75, 3.05) is 18.6 Å². The Balaban J connectivity index is 1.08. The highest BCUT2D eigenvalue weighted by atomic mass is 19.1. The molecule has 7 aliphatic rings. The summed E-state index contributed by atoms with van der Waals surface area (Å²) >= 11 is 0. The summed E-state index contributed by atoms with van der Waals surface area (Å²) in [4.78, 5) is 20.4. The number of aromatic nitrogens is 3. The Morgan fingerprint density at radius 3 is 2.42 bits per heavy atom. The van der Waals surface area contributed by atoms with Gasteiger partial charge in [0.15, 0.2) is 0 Å². The number of pyridine rings is 1. The molecule has 0 saturated heterocycles. The van der Waals surface area contributed by atoms with Crippen molar-refractivity contribution in [3.63, 3.8) is 0 Å². The van der Waals surface area contributed by atoms with E-state index in [9.17, 15) is 9.18 Å². The molecule has 0 aliphatic heterocycles. The minimum atomic E-state index is -1.12. The molecule has 2 heterocycles. The first-order chi connectivity index (χ1) is 19.3. The molecular formula is C32H35FN4O3. The van der Waals surface area contributed by atoms with Crippen molar-refractivity contribution in [2.45, 2.75) is 87.6 Å². The largest absolute Gasteiger partial charge is 0.481 e. The SMILES string of the molecule is COc1cc(-c2cccc(N(CC34CCC(c5nnc(C6CC6)o5)(CC3)CC4)C(=O)C34CC(F)(C3)C4)c2)ccn1. The second-order valence-electron chi connectivity index (χ2n) is 13.5. The Labute approximate surface area is 233 Å². The molecule has 2 aromatic heterocycles. The van der Waals surface area contributed by atoms with E-state index in [1.165, 1.54) is 0 Å². The lowest BCUT2D eigenvalue weighted by Gasteiger charge is -2.65. The van der Waals surface area contributed by atoms with Crippen LogP contribution in [0.2, 0.25) is 0 Å². The number of hydrogen-bond acceptors (Lipinski definition) is 6. The van der Waals surface area contributed by atoms with Crippen LogP contribution in [0.5, 0.6) is 5.88 Å². The number of benzene rings is 1. The summed E-state index contributed by atoms with van der Waals surface area (Å²) in [5, 5.41) is 8.89. The molecule has 0 N–H and O–H groups in total. The molecule has 0 spiro atoms. The first-order valence-corrected chi connectivity index (χ1v) is 14.8. The van der Waals surface area contributed by atoms with Gasteiger partial charge in [-0.1, -0.05) is 12.1 Å². The zero-order chi connectivity index (χ0) is 27.2. The van der Waals surface area contributed by atoms with Crippen LogP contribution in [-0.2, 0) is 10.2 Å². The maximum absolute atomic E-state index is 14.6. The topological polar surface area (TPSA) is 81.4 Å². The predicted octanol–water partition coefficient (Wildman–Crippen LogP) is 6.54. The number of carbonyl (C=O) groups excluding carboxylic acids is 1. The normalized spacial score (nSPS) is 33.6. The lowest BCUT2D eigenvalue weighted by atomic mass is 9.41. The fourth-order valence-electron chi connectivity index (χ4n) is 8.11. The third-order valence-electron chi connectivity index (χ3n) is 10.8. The van der Waals surface area contributed by atoms with Gasteiger partial charge in [-0.05, 0) is 105 Å². The van der Waals surface area contributed by atoms with Crippen LogP contribution in [0.4, 0.5) is 10.1 Å². The molecule has 0 radical (unpaired) electrons. The van der Waals surface area contributed by atoms with E-state index < -0.39 is 11.1 Å². The zero-order valence-electron chi connectivity index (χ0n) is 23.0. The average molecular weight is 543 g/mol. The first kappa shape index (κ1) is 24.5. The minimum Gasteiger partial charge on any atom is -0.481 e. The molecule has 7 fully saturated rings. The molecule has 40 heavy (non-hydrogen) atoms. The number of nitrogens with zero attached hydrogens (tertiary/aromatic N) is 4. The second-order valence-corrected chi connectivity index (χ2v) is 13.5. The molecule has 0 atom stereocenters. The standard InChI is InChI=1S/C32H35FN4O3/c1-39-25-16-23(7-14-34-25)22-3-2-4-24(15-22)37(28(38)31-17-32(33,18-31)19-31)20-29-8-11-30(12-9-29,13-10-29)27-36-35-26(40-27)21-5-6-21/h2-4,7,14-16,21H,5-6,8-13,17-20H2,1H3. The summed E-state index contributed by atoms with van der Waals surface area (Å²) in [5.41, 5.74) is 1.25. The number of halogens is 1. The number of amides is 1. The third-order valence-corrected chi connectivity index (χ3v) is 10.8. The van der Waals surface area contributed by atoms with Gasteiger partial charge < -0.3 is 14.1 Å². The van der Waals surface area contributed by atoms with E-state index in [-0.39, 0.29) is 16.7 Å². The highest BCUT2D eigenvalue weighted by Crippen LogP contribution is 2.70. The second kappa shape index (κ2) is 8.37. The van der Waals surface area contributed by atoms with Crippen molar-refractivity contribution < 1.29 is 18.3 Å². The number of rotatable bonds is 8. The quantitative estimate of drug-likeness (QED) is 0.322. The first-order valence-electron chi connectivity index (χ1n) is 14.8. The Bertz CT molecular complexity index is 1450. The third kappa shape index (κ3) is 3.74. The molecule has 3 aromatic rings. The van der Waals surface area contributed by atoms with E-state index >= 15 is 0 Å². The van der Waals surface area contributed by atoms with Gasteiger partial charge in [-0.15, -0.1) is 10.2 Å². The Kier molecular flexibility index (Phi) is 5.12.